The Morgan fingerprint density at radius 2 is 1.85 bits per heavy atom. The van der Waals surface area contributed by atoms with E-state index in [1.807, 2.05) is 37.4 Å². The van der Waals surface area contributed by atoms with Gasteiger partial charge in [-0.25, -0.2) is 0 Å². The number of hydrogen-bond donors (Lipinski definition) is 1. The standard InChI is InChI=1S/C21H28N4O/c1-3-18-8-6-7-17(2)21(18)23-20(26)16-25-13-11-24(12-14-25)15-19-9-4-5-10-22-19/h4-10H,3,11-16H2,1-2H3,(H,23,26). The molecule has 0 saturated carbocycles. The van der Waals surface area contributed by atoms with Gasteiger partial charge in [0.2, 0.25) is 5.91 Å². The lowest BCUT2D eigenvalue weighted by Crippen LogP contribution is -2.48. The van der Waals surface area contributed by atoms with E-state index in [1.165, 1.54) is 5.56 Å². The summed E-state index contributed by atoms with van der Waals surface area (Å²) in [6.07, 6.45) is 2.76. The molecule has 5 heteroatoms. The number of aryl methyl sites for hydroxylation is 2. The van der Waals surface area contributed by atoms with Crippen molar-refractivity contribution in [2.75, 3.05) is 38.0 Å². The molecule has 2 heterocycles. The number of piperazine rings is 1. The molecule has 1 saturated heterocycles. The molecule has 0 aliphatic carbocycles. The first-order valence-electron chi connectivity index (χ1n) is 9.38. The molecule has 1 aliphatic rings. The highest BCUT2D eigenvalue weighted by molar-refractivity contribution is 5.93. The molecule has 1 aromatic carbocycles. The molecule has 5 nitrogen and oxygen atoms in total. The SMILES string of the molecule is CCc1cccc(C)c1NC(=O)CN1CCN(Cc2ccccn2)CC1. The van der Waals surface area contributed by atoms with Gasteiger partial charge >= 0.3 is 0 Å². The minimum absolute atomic E-state index is 0.0761. The number of amides is 1. The average molecular weight is 352 g/mol. The fraction of sp³-hybridized carbons (Fsp3) is 0.429. The van der Waals surface area contributed by atoms with Crippen LogP contribution in [0.1, 0.15) is 23.7 Å². The van der Waals surface area contributed by atoms with Crippen molar-refractivity contribution in [3.05, 3.63) is 59.4 Å². The molecule has 1 aliphatic heterocycles. The largest absolute Gasteiger partial charge is 0.324 e. The predicted octanol–water partition coefficient (Wildman–Crippen LogP) is 2.71. The number of nitrogens with zero attached hydrogens (tertiary/aromatic N) is 3. The molecule has 1 fully saturated rings. The third-order valence-electron chi connectivity index (χ3n) is 4.95. The van der Waals surface area contributed by atoms with E-state index in [0.717, 1.165) is 56.1 Å². The summed E-state index contributed by atoms with van der Waals surface area (Å²) in [7, 11) is 0. The number of nitrogens with one attached hydrogen (secondary N) is 1. The number of para-hydroxylation sites is 1. The molecule has 0 spiro atoms. The normalized spacial score (nSPS) is 15.8. The number of rotatable bonds is 6. The molecule has 26 heavy (non-hydrogen) atoms. The van der Waals surface area contributed by atoms with Gasteiger partial charge in [-0.2, -0.15) is 0 Å². The van der Waals surface area contributed by atoms with Crippen molar-refractivity contribution in [2.45, 2.75) is 26.8 Å². The van der Waals surface area contributed by atoms with Crippen molar-refractivity contribution in [1.29, 1.82) is 0 Å². The highest BCUT2D eigenvalue weighted by Gasteiger charge is 2.20. The highest BCUT2D eigenvalue weighted by Crippen LogP contribution is 2.21. The first-order chi connectivity index (χ1) is 12.7. The number of anilines is 1. The van der Waals surface area contributed by atoms with E-state index in [4.69, 9.17) is 0 Å². The van der Waals surface area contributed by atoms with E-state index in [9.17, 15) is 4.79 Å². The fourth-order valence-electron chi connectivity index (χ4n) is 3.41. The average Bonchev–Trinajstić information content (AvgIpc) is 2.66. The van der Waals surface area contributed by atoms with Crippen molar-refractivity contribution in [3.8, 4) is 0 Å². The minimum atomic E-state index is 0.0761. The number of pyridine rings is 1. The number of benzene rings is 1. The van der Waals surface area contributed by atoms with Crippen LogP contribution in [-0.4, -0.2) is 53.4 Å². The first-order valence-corrected chi connectivity index (χ1v) is 9.38. The summed E-state index contributed by atoms with van der Waals surface area (Å²) in [5.41, 5.74) is 4.40. The molecular weight excluding hydrogens is 324 g/mol. The van der Waals surface area contributed by atoms with E-state index >= 15 is 0 Å². The van der Waals surface area contributed by atoms with Gasteiger partial charge in [0.25, 0.3) is 0 Å². The van der Waals surface area contributed by atoms with Crippen LogP contribution in [-0.2, 0) is 17.8 Å². The van der Waals surface area contributed by atoms with Crippen LogP contribution in [0.15, 0.2) is 42.6 Å². The van der Waals surface area contributed by atoms with E-state index in [1.54, 1.807) is 0 Å². The summed E-state index contributed by atoms with van der Waals surface area (Å²) >= 11 is 0. The Bertz CT molecular complexity index is 724. The lowest BCUT2D eigenvalue weighted by Gasteiger charge is -2.34. The van der Waals surface area contributed by atoms with Crippen molar-refractivity contribution in [1.82, 2.24) is 14.8 Å². The van der Waals surface area contributed by atoms with Gasteiger partial charge in [-0.3, -0.25) is 19.6 Å². The molecule has 3 rings (SSSR count). The molecule has 1 N–H and O–H groups in total. The van der Waals surface area contributed by atoms with Crippen LogP contribution >= 0.6 is 0 Å². The lowest BCUT2D eigenvalue weighted by molar-refractivity contribution is -0.117. The molecule has 1 amide bonds. The summed E-state index contributed by atoms with van der Waals surface area (Å²) in [5, 5.41) is 3.12. The fourth-order valence-corrected chi connectivity index (χ4v) is 3.41. The Morgan fingerprint density at radius 3 is 2.54 bits per heavy atom. The zero-order valence-corrected chi connectivity index (χ0v) is 15.7. The Morgan fingerprint density at radius 1 is 1.08 bits per heavy atom. The summed E-state index contributed by atoms with van der Waals surface area (Å²) < 4.78 is 0. The maximum absolute atomic E-state index is 12.5. The van der Waals surface area contributed by atoms with Gasteiger partial charge in [-0.05, 0) is 36.6 Å². The Hall–Kier alpha value is -2.24. The van der Waals surface area contributed by atoms with Crippen molar-refractivity contribution < 1.29 is 4.79 Å². The minimum Gasteiger partial charge on any atom is -0.324 e. The van der Waals surface area contributed by atoms with Crippen LogP contribution in [0.4, 0.5) is 5.69 Å². The molecule has 1 aromatic heterocycles. The molecular formula is C21H28N4O. The lowest BCUT2D eigenvalue weighted by atomic mass is 10.1. The van der Waals surface area contributed by atoms with Crippen LogP contribution < -0.4 is 5.32 Å². The second-order valence-electron chi connectivity index (χ2n) is 6.88. The third kappa shape index (κ3) is 4.90. The van der Waals surface area contributed by atoms with E-state index in [2.05, 4.69) is 39.2 Å². The van der Waals surface area contributed by atoms with Crippen molar-refractivity contribution >= 4 is 11.6 Å². The summed E-state index contributed by atoms with van der Waals surface area (Å²) in [4.78, 5) is 21.5. The molecule has 0 radical (unpaired) electrons. The third-order valence-corrected chi connectivity index (χ3v) is 4.95. The Balaban J connectivity index is 1.48. The maximum Gasteiger partial charge on any atom is 0.238 e. The summed E-state index contributed by atoms with van der Waals surface area (Å²) in [5.74, 6) is 0.0761. The van der Waals surface area contributed by atoms with Crippen LogP contribution in [0.5, 0.6) is 0 Å². The monoisotopic (exact) mass is 352 g/mol. The molecule has 0 bridgehead atoms. The predicted molar refractivity (Wildman–Crippen MR) is 105 cm³/mol. The topological polar surface area (TPSA) is 48.5 Å². The summed E-state index contributed by atoms with van der Waals surface area (Å²) in [6, 6.07) is 12.2. The van der Waals surface area contributed by atoms with E-state index in [0.29, 0.717) is 6.54 Å². The Kier molecular flexibility index (Phi) is 6.36. The number of carbonyl (C=O) groups excluding carboxylic acids is 1. The van der Waals surface area contributed by atoms with E-state index < -0.39 is 0 Å². The number of hydrogen-bond acceptors (Lipinski definition) is 4. The zero-order valence-electron chi connectivity index (χ0n) is 15.7. The number of aromatic nitrogens is 1. The van der Waals surface area contributed by atoms with Crippen LogP contribution in [0.3, 0.4) is 0 Å². The van der Waals surface area contributed by atoms with Gasteiger partial charge in [0.05, 0.1) is 12.2 Å². The quantitative estimate of drug-likeness (QED) is 0.868. The van der Waals surface area contributed by atoms with Crippen LogP contribution in [0.25, 0.3) is 0 Å². The van der Waals surface area contributed by atoms with Gasteiger partial charge in [-0.1, -0.05) is 31.2 Å². The second-order valence-corrected chi connectivity index (χ2v) is 6.88. The Labute approximate surface area is 156 Å². The zero-order chi connectivity index (χ0) is 18.4. The van der Waals surface area contributed by atoms with Gasteiger partial charge in [0, 0.05) is 44.6 Å². The van der Waals surface area contributed by atoms with E-state index in [-0.39, 0.29) is 5.91 Å². The molecule has 2 aromatic rings. The molecule has 138 valence electrons. The summed E-state index contributed by atoms with van der Waals surface area (Å²) in [6.45, 7) is 9.25. The van der Waals surface area contributed by atoms with Crippen LogP contribution in [0.2, 0.25) is 0 Å². The number of carbonyl (C=O) groups is 1. The van der Waals surface area contributed by atoms with Gasteiger partial charge < -0.3 is 5.32 Å². The smallest absolute Gasteiger partial charge is 0.238 e. The van der Waals surface area contributed by atoms with Gasteiger partial charge in [0.15, 0.2) is 0 Å². The van der Waals surface area contributed by atoms with Gasteiger partial charge in [0.1, 0.15) is 0 Å². The van der Waals surface area contributed by atoms with Crippen molar-refractivity contribution in [3.63, 3.8) is 0 Å². The van der Waals surface area contributed by atoms with Gasteiger partial charge in [-0.15, -0.1) is 0 Å². The second kappa shape index (κ2) is 8.92. The van der Waals surface area contributed by atoms with Crippen molar-refractivity contribution in [2.24, 2.45) is 0 Å². The molecule has 0 atom stereocenters. The first kappa shape index (κ1) is 18.5. The highest BCUT2D eigenvalue weighted by atomic mass is 16.2. The molecule has 0 unspecified atom stereocenters. The van der Waals surface area contributed by atoms with Crippen LogP contribution in [0, 0.1) is 6.92 Å². The maximum atomic E-state index is 12.5.